The molecular weight excluding hydrogens is 560 g/mol. The number of rotatable bonds is 24. The van der Waals surface area contributed by atoms with E-state index in [1.165, 1.54) is 0 Å². The lowest BCUT2D eigenvalue weighted by Crippen LogP contribution is -2.34. The molecule has 0 fully saturated rings. The summed E-state index contributed by atoms with van der Waals surface area (Å²) in [5.74, 6) is 6.10. The maximum Gasteiger partial charge on any atom is 0.251 e. The van der Waals surface area contributed by atoms with Crippen LogP contribution in [-0.2, 0) is 23.7 Å². The first kappa shape index (κ1) is 37.2. The number of thiocyanates is 1. The fraction of sp³-hybridized carbons (Fsp3) is 0.633. The van der Waals surface area contributed by atoms with E-state index in [1.54, 1.807) is 24.3 Å². The van der Waals surface area contributed by atoms with Crippen LogP contribution in [0.15, 0.2) is 24.3 Å². The SMILES string of the molecule is CCC#CCOCCNC(=O)CCCOCCOCCOC(COc1cccc(C(=O)NCCNC(C)C)c1)SC#N. The molecule has 0 aromatic heterocycles. The second-order valence-electron chi connectivity index (χ2n) is 9.15. The van der Waals surface area contributed by atoms with Gasteiger partial charge in [-0.25, -0.2) is 0 Å². The molecule has 0 spiro atoms. The zero-order valence-corrected chi connectivity index (χ0v) is 25.9. The number of amides is 2. The van der Waals surface area contributed by atoms with Crippen molar-refractivity contribution in [3.8, 4) is 23.0 Å². The summed E-state index contributed by atoms with van der Waals surface area (Å²) in [5, 5.41) is 20.0. The van der Waals surface area contributed by atoms with Crippen molar-refractivity contribution in [1.82, 2.24) is 16.0 Å². The Labute approximate surface area is 254 Å². The molecule has 0 aliphatic heterocycles. The summed E-state index contributed by atoms with van der Waals surface area (Å²) in [7, 11) is 0. The van der Waals surface area contributed by atoms with Gasteiger partial charge in [-0.1, -0.05) is 32.8 Å². The summed E-state index contributed by atoms with van der Waals surface area (Å²) in [5.41, 5.74) is -0.0158. The molecule has 0 bridgehead atoms. The monoisotopic (exact) mass is 606 g/mol. The van der Waals surface area contributed by atoms with Crippen molar-refractivity contribution in [2.75, 3.05) is 72.5 Å². The molecule has 0 saturated carbocycles. The van der Waals surface area contributed by atoms with E-state index in [-0.39, 0.29) is 25.0 Å². The molecule has 0 radical (unpaired) electrons. The van der Waals surface area contributed by atoms with Crippen LogP contribution in [0.5, 0.6) is 5.75 Å². The molecule has 0 aliphatic rings. The first-order valence-electron chi connectivity index (χ1n) is 14.3. The highest BCUT2D eigenvalue weighted by atomic mass is 32.2. The average Bonchev–Trinajstić information content (AvgIpc) is 2.98. The fourth-order valence-corrected chi connectivity index (χ4v) is 3.67. The highest BCUT2D eigenvalue weighted by Gasteiger charge is 2.12. The number of thioether (sulfide) groups is 1. The molecule has 234 valence electrons. The molecule has 1 aromatic carbocycles. The maximum atomic E-state index is 12.4. The van der Waals surface area contributed by atoms with Gasteiger partial charge >= 0.3 is 0 Å². The fourth-order valence-electron chi connectivity index (χ4n) is 3.25. The van der Waals surface area contributed by atoms with E-state index in [1.807, 2.05) is 26.2 Å². The van der Waals surface area contributed by atoms with Crippen molar-refractivity contribution in [1.29, 1.82) is 5.26 Å². The Morgan fingerprint density at radius 2 is 1.74 bits per heavy atom. The quantitative estimate of drug-likeness (QED) is 0.0697. The predicted octanol–water partition coefficient (Wildman–Crippen LogP) is 2.71. The standard InChI is InChI=1S/C30H46N4O7S/c1-4-5-6-15-37-17-14-33-28(35)11-8-16-38-18-19-39-20-21-40-29(42-24-31)23-41-27-10-7-9-26(22-27)30(36)34-13-12-32-25(2)3/h7,9-10,22,25,29,32H,4,8,11-21,23H2,1-3H3,(H,33,35)(H,34,36). The highest BCUT2D eigenvalue weighted by Crippen LogP contribution is 2.17. The summed E-state index contributed by atoms with van der Waals surface area (Å²) in [6.45, 7) is 10.6. The van der Waals surface area contributed by atoms with E-state index >= 15 is 0 Å². The van der Waals surface area contributed by atoms with Crippen LogP contribution >= 0.6 is 11.8 Å². The molecule has 0 heterocycles. The van der Waals surface area contributed by atoms with E-state index in [4.69, 9.17) is 28.9 Å². The molecule has 3 N–H and O–H groups in total. The average molecular weight is 607 g/mol. The van der Waals surface area contributed by atoms with E-state index in [9.17, 15) is 9.59 Å². The summed E-state index contributed by atoms with van der Waals surface area (Å²) in [6, 6.07) is 7.24. The molecule has 0 saturated heterocycles. The van der Waals surface area contributed by atoms with Crippen LogP contribution in [0.4, 0.5) is 0 Å². The van der Waals surface area contributed by atoms with Crippen LogP contribution in [0.25, 0.3) is 0 Å². The summed E-state index contributed by atoms with van der Waals surface area (Å²) < 4.78 is 27.8. The Balaban J connectivity index is 2.11. The number of nitrogens with zero attached hydrogens (tertiary/aromatic N) is 1. The Morgan fingerprint density at radius 1 is 0.952 bits per heavy atom. The Morgan fingerprint density at radius 3 is 2.50 bits per heavy atom. The van der Waals surface area contributed by atoms with Gasteiger partial charge in [0.05, 0.1) is 33.0 Å². The Hall–Kier alpha value is -2.84. The van der Waals surface area contributed by atoms with Gasteiger partial charge in [0.1, 0.15) is 24.4 Å². The first-order chi connectivity index (χ1) is 20.5. The summed E-state index contributed by atoms with van der Waals surface area (Å²) in [4.78, 5) is 24.2. The molecule has 0 aliphatic carbocycles. The topological polar surface area (TPSA) is 140 Å². The third kappa shape index (κ3) is 20.9. The minimum absolute atomic E-state index is 0.0347. The summed E-state index contributed by atoms with van der Waals surface area (Å²) >= 11 is 0.958. The lowest BCUT2D eigenvalue weighted by Gasteiger charge is -2.16. The normalized spacial score (nSPS) is 11.3. The predicted molar refractivity (Wildman–Crippen MR) is 163 cm³/mol. The van der Waals surface area contributed by atoms with Gasteiger partial charge in [-0.05, 0) is 36.4 Å². The van der Waals surface area contributed by atoms with Gasteiger partial charge in [0.15, 0.2) is 5.44 Å². The van der Waals surface area contributed by atoms with Crippen LogP contribution in [-0.4, -0.2) is 95.8 Å². The third-order valence-electron chi connectivity index (χ3n) is 5.27. The first-order valence-corrected chi connectivity index (χ1v) is 15.2. The van der Waals surface area contributed by atoms with Gasteiger partial charge in [0, 0.05) is 50.7 Å². The van der Waals surface area contributed by atoms with Crippen molar-refractivity contribution >= 4 is 23.6 Å². The van der Waals surface area contributed by atoms with Crippen molar-refractivity contribution in [2.24, 2.45) is 0 Å². The number of carbonyl (C=O) groups is 2. The number of nitriles is 1. The van der Waals surface area contributed by atoms with E-state index in [0.29, 0.717) is 89.5 Å². The number of carbonyl (C=O) groups excluding carboxylic acids is 2. The molecule has 11 nitrogen and oxygen atoms in total. The highest BCUT2D eigenvalue weighted by molar-refractivity contribution is 8.04. The van der Waals surface area contributed by atoms with Crippen molar-refractivity contribution in [2.45, 2.75) is 51.5 Å². The zero-order valence-electron chi connectivity index (χ0n) is 25.1. The largest absolute Gasteiger partial charge is 0.490 e. The molecule has 1 aromatic rings. The molecule has 12 heteroatoms. The van der Waals surface area contributed by atoms with Crippen molar-refractivity contribution in [3.05, 3.63) is 29.8 Å². The maximum absolute atomic E-state index is 12.4. The second kappa shape index (κ2) is 25.8. The Bertz CT molecular complexity index is 978. The number of benzene rings is 1. The van der Waals surface area contributed by atoms with Crippen molar-refractivity contribution < 1.29 is 33.3 Å². The van der Waals surface area contributed by atoms with Gasteiger partial charge in [0.25, 0.3) is 5.91 Å². The van der Waals surface area contributed by atoms with E-state index in [0.717, 1.165) is 18.2 Å². The molecule has 1 atom stereocenters. The van der Waals surface area contributed by atoms with Gasteiger partial charge in [0.2, 0.25) is 5.91 Å². The molecule has 1 rings (SSSR count). The van der Waals surface area contributed by atoms with E-state index < -0.39 is 5.44 Å². The number of hydrogen-bond acceptors (Lipinski definition) is 10. The number of nitrogens with one attached hydrogen (secondary N) is 3. The second-order valence-corrected chi connectivity index (χ2v) is 10.1. The smallest absolute Gasteiger partial charge is 0.251 e. The lowest BCUT2D eigenvalue weighted by atomic mass is 10.2. The molecule has 1 unspecified atom stereocenters. The zero-order chi connectivity index (χ0) is 30.7. The van der Waals surface area contributed by atoms with Gasteiger partial charge < -0.3 is 39.6 Å². The van der Waals surface area contributed by atoms with Gasteiger partial charge in [-0.15, -0.1) is 5.92 Å². The van der Waals surface area contributed by atoms with Crippen LogP contribution in [0, 0.1) is 22.5 Å². The molecule has 2 amide bonds. The van der Waals surface area contributed by atoms with Gasteiger partial charge in [-0.3, -0.25) is 9.59 Å². The third-order valence-corrected chi connectivity index (χ3v) is 5.91. The number of hydrogen-bond donors (Lipinski definition) is 3. The summed E-state index contributed by atoms with van der Waals surface area (Å²) in [6.07, 6.45) is 1.81. The van der Waals surface area contributed by atoms with Crippen LogP contribution in [0.1, 0.15) is 50.4 Å². The number of ether oxygens (including phenoxy) is 5. The minimum Gasteiger partial charge on any atom is -0.490 e. The molecular formula is C30H46N4O7S. The minimum atomic E-state index is -0.512. The van der Waals surface area contributed by atoms with Crippen molar-refractivity contribution in [3.63, 3.8) is 0 Å². The van der Waals surface area contributed by atoms with Crippen LogP contribution in [0.2, 0.25) is 0 Å². The van der Waals surface area contributed by atoms with Gasteiger partial charge in [-0.2, -0.15) is 5.26 Å². The van der Waals surface area contributed by atoms with Crippen LogP contribution < -0.4 is 20.7 Å². The van der Waals surface area contributed by atoms with E-state index in [2.05, 4.69) is 27.8 Å². The Kier molecular flexibility index (Phi) is 22.9. The van der Waals surface area contributed by atoms with Crippen LogP contribution in [0.3, 0.4) is 0 Å². The molecule has 42 heavy (non-hydrogen) atoms. The lowest BCUT2D eigenvalue weighted by molar-refractivity contribution is -0.121.